The summed E-state index contributed by atoms with van der Waals surface area (Å²) in [6.07, 6.45) is 2.86. The van der Waals surface area contributed by atoms with Crippen molar-refractivity contribution >= 4 is 23.0 Å². The van der Waals surface area contributed by atoms with Crippen LogP contribution in [0.25, 0.3) is 0 Å². The smallest absolute Gasteiger partial charge is 0.264 e. The summed E-state index contributed by atoms with van der Waals surface area (Å²) in [5.74, 6) is 0.422. The third-order valence-electron chi connectivity index (χ3n) is 3.44. The molecule has 1 aliphatic rings. The molecule has 1 amide bonds. The fourth-order valence-electron chi connectivity index (χ4n) is 2.23. The molecular weight excluding hydrogens is 234 g/mol. The van der Waals surface area contributed by atoms with Gasteiger partial charge in [-0.1, -0.05) is 0 Å². The van der Waals surface area contributed by atoms with E-state index in [1.807, 2.05) is 30.3 Å². The van der Waals surface area contributed by atoms with Gasteiger partial charge in [-0.2, -0.15) is 0 Å². The van der Waals surface area contributed by atoms with E-state index >= 15 is 0 Å². The Hall–Kier alpha value is -1.16. The molecule has 92 valence electrons. The number of amides is 1. The van der Waals surface area contributed by atoms with Crippen molar-refractivity contribution in [1.82, 2.24) is 4.90 Å². The average molecular weight is 251 g/mol. The van der Waals surface area contributed by atoms with Gasteiger partial charge in [0.25, 0.3) is 5.91 Å². The van der Waals surface area contributed by atoms with Crippen molar-refractivity contribution in [2.75, 3.05) is 7.05 Å². The Kier molecular flexibility index (Phi) is 3.62. The molecule has 1 aromatic heterocycles. The SMILES string of the molecule is Cc1ccsc1C(=O)N(C)C1CCC(=O)CC1. The number of aryl methyl sites for hydroxylation is 1. The van der Waals surface area contributed by atoms with Crippen molar-refractivity contribution in [1.29, 1.82) is 0 Å². The Morgan fingerprint density at radius 3 is 2.59 bits per heavy atom. The topological polar surface area (TPSA) is 37.4 Å². The van der Waals surface area contributed by atoms with Gasteiger partial charge in [-0.3, -0.25) is 9.59 Å². The highest BCUT2D eigenvalue weighted by Gasteiger charge is 2.26. The van der Waals surface area contributed by atoms with Crippen LogP contribution in [0.5, 0.6) is 0 Å². The van der Waals surface area contributed by atoms with Crippen LogP contribution in [0.1, 0.15) is 40.9 Å². The number of hydrogen-bond donors (Lipinski definition) is 0. The predicted molar refractivity (Wildman–Crippen MR) is 68.4 cm³/mol. The lowest BCUT2D eigenvalue weighted by Gasteiger charge is -2.30. The van der Waals surface area contributed by atoms with Crippen LogP contribution in [0.2, 0.25) is 0 Å². The lowest BCUT2D eigenvalue weighted by molar-refractivity contribution is -0.121. The maximum atomic E-state index is 12.3. The Morgan fingerprint density at radius 2 is 2.06 bits per heavy atom. The van der Waals surface area contributed by atoms with Crippen LogP contribution in [0.3, 0.4) is 0 Å². The van der Waals surface area contributed by atoms with Crippen molar-refractivity contribution in [2.45, 2.75) is 38.6 Å². The molecule has 1 heterocycles. The molecule has 0 saturated heterocycles. The molecular formula is C13H17NO2S. The summed E-state index contributed by atoms with van der Waals surface area (Å²) in [4.78, 5) is 26.1. The Balaban J connectivity index is 2.05. The summed E-state index contributed by atoms with van der Waals surface area (Å²) in [7, 11) is 1.85. The van der Waals surface area contributed by atoms with Gasteiger partial charge in [0, 0.05) is 25.9 Å². The molecule has 4 heteroatoms. The van der Waals surface area contributed by atoms with E-state index in [0.29, 0.717) is 18.6 Å². The molecule has 0 atom stereocenters. The number of rotatable bonds is 2. The fraction of sp³-hybridized carbons (Fsp3) is 0.538. The number of carbonyl (C=O) groups excluding carboxylic acids is 2. The molecule has 17 heavy (non-hydrogen) atoms. The highest BCUT2D eigenvalue weighted by molar-refractivity contribution is 7.12. The van der Waals surface area contributed by atoms with Crippen molar-refractivity contribution in [3.05, 3.63) is 21.9 Å². The van der Waals surface area contributed by atoms with E-state index in [9.17, 15) is 9.59 Å². The van der Waals surface area contributed by atoms with Gasteiger partial charge in [-0.05, 0) is 36.8 Å². The number of ketones is 1. The zero-order valence-electron chi connectivity index (χ0n) is 10.2. The highest BCUT2D eigenvalue weighted by atomic mass is 32.1. The van der Waals surface area contributed by atoms with Gasteiger partial charge in [0.05, 0.1) is 4.88 Å². The summed E-state index contributed by atoms with van der Waals surface area (Å²) >= 11 is 1.49. The minimum absolute atomic E-state index is 0.0943. The van der Waals surface area contributed by atoms with Gasteiger partial charge in [0.1, 0.15) is 5.78 Å². The van der Waals surface area contributed by atoms with Crippen LogP contribution in [-0.2, 0) is 4.79 Å². The zero-order chi connectivity index (χ0) is 12.4. The first-order valence-electron chi connectivity index (χ1n) is 5.92. The molecule has 1 saturated carbocycles. The first kappa shape index (κ1) is 12.3. The molecule has 0 aromatic carbocycles. The van der Waals surface area contributed by atoms with Gasteiger partial charge < -0.3 is 4.90 Å². The molecule has 1 fully saturated rings. The van der Waals surface area contributed by atoms with E-state index in [-0.39, 0.29) is 11.9 Å². The zero-order valence-corrected chi connectivity index (χ0v) is 11.0. The molecule has 0 bridgehead atoms. The minimum atomic E-state index is 0.0943. The van der Waals surface area contributed by atoms with Crippen molar-refractivity contribution in [3.8, 4) is 0 Å². The summed E-state index contributed by atoms with van der Waals surface area (Å²) in [6.45, 7) is 1.96. The Morgan fingerprint density at radius 1 is 1.41 bits per heavy atom. The number of Topliss-reactive ketones (excluding diaryl/α,β-unsaturated/α-hetero) is 1. The van der Waals surface area contributed by atoms with Gasteiger partial charge >= 0.3 is 0 Å². The molecule has 3 nitrogen and oxygen atoms in total. The number of thiophene rings is 1. The lowest BCUT2D eigenvalue weighted by Crippen LogP contribution is -2.39. The Bertz CT molecular complexity index is 428. The van der Waals surface area contributed by atoms with Crippen LogP contribution < -0.4 is 0 Å². The molecule has 0 N–H and O–H groups in total. The van der Waals surface area contributed by atoms with E-state index in [4.69, 9.17) is 0 Å². The molecule has 0 spiro atoms. The summed E-state index contributed by atoms with van der Waals surface area (Å²) < 4.78 is 0. The van der Waals surface area contributed by atoms with E-state index in [1.54, 1.807) is 0 Å². The van der Waals surface area contributed by atoms with Crippen LogP contribution in [0, 0.1) is 6.92 Å². The van der Waals surface area contributed by atoms with Crippen molar-refractivity contribution in [2.24, 2.45) is 0 Å². The molecule has 1 aromatic rings. The maximum absolute atomic E-state index is 12.3. The first-order valence-corrected chi connectivity index (χ1v) is 6.80. The molecule has 0 radical (unpaired) electrons. The predicted octanol–water partition coefficient (Wildman–Crippen LogP) is 2.64. The third-order valence-corrected chi connectivity index (χ3v) is 4.44. The van der Waals surface area contributed by atoms with Gasteiger partial charge in [-0.15, -0.1) is 11.3 Å². The maximum Gasteiger partial charge on any atom is 0.264 e. The molecule has 1 aliphatic carbocycles. The quantitative estimate of drug-likeness (QED) is 0.810. The second-order valence-corrected chi connectivity index (χ2v) is 5.53. The summed E-state index contributed by atoms with van der Waals surface area (Å²) in [5, 5.41) is 1.95. The van der Waals surface area contributed by atoms with Crippen molar-refractivity contribution in [3.63, 3.8) is 0 Å². The standard InChI is InChI=1S/C13H17NO2S/c1-9-7-8-17-12(9)13(16)14(2)10-3-5-11(15)6-4-10/h7-8,10H,3-6H2,1-2H3. The second kappa shape index (κ2) is 5.00. The first-order chi connectivity index (χ1) is 8.09. The number of nitrogens with zero attached hydrogens (tertiary/aromatic N) is 1. The van der Waals surface area contributed by atoms with Crippen LogP contribution in [0.4, 0.5) is 0 Å². The lowest BCUT2D eigenvalue weighted by atomic mass is 9.93. The third kappa shape index (κ3) is 2.57. The van der Waals surface area contributed by atoms with Crippen LogP contribution >= 0.6 is 11.3 Å². The van der Waals surface area contributed by atoms with Gasteiger partial charge in [-0.25, -0.2) is 0 Å². The molecule has 2 rings (SSSR count). The van der Waals surface area contributed by atoms with E-state index in [2.05, 4.69) is 0 Å². The summed E-state index contributed by atoms with van der Waals surface area (Å²) in [6, 6.07) is 2.19. The minimum Gasteiger partial charge on any atom is -0.338 e. The number of carbonyl (C=O) groups is 2. The molecule has 0 unspecified atom stereocenters. The highest BCUT2D eigenvalue weighted by Crippen LogP contribution is 2.23. The van der Waals surface area contributed by atoms with Gasteiger partial charge in [0.15, 0.2) is 0 Å². The summed E-state index contributed by atoms with van der Waals surface area (Å²) in [5.41, 5.74) is 1.04. The second-order valence-electron chi connectivity index (χ2n) is 4.62. The monoisotopic (exact) mass is 251 g/mol. The average Bonchev–Trinajstić information content (AvgIpc) is 2.74. The largest absolute Gasteiger partial charge is 0.338 e. The molecule has 0 aliphatic heterocycles. The number of hydrogen-bond acceptors (Lipinski definition) is 3. The van der Waals surface area contributed by atoms with Gasteiger partial charge in [0.2, 0.25) is 0 Å². The van der Waals surface area contributed by atoms with Crippen LogP contribution in [0.15, 0.2) is 11.4 Å². The van der Waals surface area contributed by atoms with Crippen LogP contribution in [-0.4, -0.2) is 29.7 Å². The van der Waals surface area contributed by atoms with E-state index in [0.717, 1.165) is 23.3 Å². The Labute approximate surface area is 105 Å². The van der Waals surface area contributed by atoms with Crippen molar-refractivity contribution < 1.29 is 9.59 Å². The fourth-order valence-corrected chi connectivity index (χ4v) is 3.14. The normalized spacial score (nSPS) is 17.2. The van der Waals surface area contributed by atoms with E-state index < -0.39 is 0 Å². The van der Waals surface area contributed by atoms with E-state index in [1.165, 1.54) is 11.3 Å².